The molecule has 0 spiro atoms. The molecule has 2 aliphatic rings. The number of nitrogens with zero attached hydrogens (tertiary/aromatic N) is 2. The van der Waals surface area contributed by atoms with Crippen molar-refractivity contribution in [2.75, 3.05) is 33.3 Å². The van der Waals surface area contributed by atoms with Gasteiger partial charge in [0.15, 0.2) is 0 Å². The Hall–Kier alpha value is -2.24. The average molecular weight is 373 g/mol. The first-order chi connectivity index (χ1) is 13.0. The van der Waals surface area contributed by atoms with Gasteiger partial charge in [0.25, 0.3) is 0 Å². The molecule has 2 heterocycles. The summed E-state index contributed by atoms with van der Waals surface area (Å²) in [7, 11) is 1.66. The minimum atomic E-state index is -0.0777. The molecule has 6 nitrogen and oxygen atoms in total. The lowest BCUT2D eigenvalue weighted by Crippen LogP contribution is -2.47. The highest BCUT2D eigenvalue weighted by atomic mass is 16.5. The molecule has 1 aromatic carbocycles. The zero-order chi connectivity index (χ0) is 19.4. The molecular weight excluding hydrogens is 342 g/mol. The van der Waals surface area contributed by atoms with Gasteiger partial charge in [-0.3, -0.25) is 4.79 Å². The van der Waals surface area contributed by atoms with E-state index in [1.807, 2.05) is 41.8 Å². The molecule has 6 heteroatoms. The van der Waals surface area contributed by atoms with Crippen LogP contribution in [0.3, 0.4) is 0 Å². The van der Waals surface area contributed by atoms with Crippen molar-refractivity contribution in [3.63, 3.8) is 0 Å². The van der Waals surface area contributed by atoms with Gasteiger partial charge in [-0.15, -0.1) is 0 Å². The van der Waals surface area contributed by atoms with E-state index in [0.717, 1.165) is 55.6 Å². The number of ether oxygens (including phenoxy) is 1. The van der Waals surface area contributed by atoms with Gasteiger partial charge in [-0.1, -0.05) is 12.1 Å². The summed E-state index contributed by atoms with van der Waals surface area (Å²) in [6, 6.07) is 5.83. The second kappa shape index (κ2) is 8.63. The molecule has 2 aliphatic heterocycles. The smallest absolute Gasteiger partial charge is 0.317 e. The lowest BCUT2D eigenvalue weighted by atomic mass is 9.95. The number of hydrogen-bond acceptors (Lipinski definition) is 3. The molecule has 148 valence electrons. The number of benzene rings is 1. The van der Waals surface area contributed by atoms with Crippen molar-refractivity contribution in [2.24, 2.45) is 5.92 Å². The second-order valence-electron chi connectivity index (χ2n) is 7.69. The van der Waals surface area contributed by atoms with E-state index < -0.39 is 0 Å². The summed E-state index contributed by atoms with van der Waals surface area (Å²) >= 11 is 0. The normalized spacial score (nSPS) is 19.1. The van der Waals surface area contributed by atoms with Gasteiger partial charge >= 0.3 is 6.03 Å². The van der Waals surface area contributed by atoms with Crippen LogP contribution in [0, 0.1) is 12.8 Å². The maximum absolute atomic E-state index is 12.6. The van der Waals surface area contributed by atoms with Crippen LogP contribution in [-0.4, -0.2) is 55.0 Å². The van der Waals surface area contributed by atoms with Crippen molar-refractivity contribution in [1.82, 2.24) is 15.1 Å². The van der Waals surface area contributed by atoms with Gasteiger partial charge in [-0.2, -0.15) is 0 Å². The molecule has 0 bridgehead atoms. The quantitative estimate of drug-likeness (QED) is 0.882. The number of carbonyl (C=O) groups is 2. The molecule has 27 heavy (non-hydrogen) atoms. The highest BCUT2D eigenvalue weighted by Crippen LogP contribution is 2.24. The minimum Gasteiger partial charge on any atom is -0.496 e. The van der Waals surface area contributed by atoms with Crippen molar-refractivity contribution < 1.29 is 14.3 Å². The number of methoxy groups -OCH3 is 1. The molecule has 0 aliphatic carbocycles. The molecule has 2 saturated heterocycles. The van der Waals surface area contributed by atoms with E-state index in [9.17, 15) is 9.59 Å². The first-order valence-corrected chi connectivity index (χ1v) is 9.98. The van der Waals surface area contributed by atoms with E-state index in [1.54, 1.807) is 7.11 Å². The molecule has 0 saturated carbocycles. The topological polar surface area (TPSA) is 61.9 Å². The van der Waals surface area contributed by atoms with Gasteiger partial charge in [-0.05, 0) is 56.7 Å². The van der Waals surface area contributed by atoms with Crippen molar-refractivity contribution in [1.29, 1.82) is 0 Å². The predicted octanol–water partition coefficient (Wildman–Crippen LogP) is 3.11. The Morgan fingerprint density at radius 2 is 1.78 bits per heavy atom. The largest absolute Gasteiger partial charge is 0.496 e. The van der Waals surface area contributed by atoms with Crippen LogP contribution >= 0.6 is 0 Å². The van der Waals surface area contributed by atoms with Crippen LogP contribution in [0.1, 0.15) is 49.8 Å². The summed E-state index contributed by atoms with van der Waals surface area (Å²) in [6.07, 6.45) is 3.77. The Kier molecular flexibility index (Phi) is 6.24. The molecular formula is C21H31N3O3. The third-order valence-electron chi connectivity index (χ3n) is 5.81. The molecule has 2 fully saturated rings. The lowest BCUT2D eigenvalue weighted by Gasteiger charge is -2.33. The van der Waals surface area contributed by atoms with Gasteiger partial charge < -0.3 is 19.9 Å². The molecule has 1 atom stereocenters. The fraction of sp³-hybridized carbons (Fsp3) is 0.619. The van der Waals surface area contributed by atoms with Gasteiger partial charge in [0.2, 0.25) is 5.91 Å². The van der Waals surface area contributed by atoms with Gasteiger partial charge in [-0.25, -0.2) is 4.79 Å². The Balaban J connectivity index is 1.50. The molecule has 1 unspecified atom stereocenters. The number of likely N-dealkylation sites (tertiary alicyclic amines) is 2. The van der Waals surface area contributed by atoms with Crippen molar-refractivity contribution in [2.45, 2.75) is 45.6 Å². The van der Waals surface area contributed by atoms with Crippen molar-refractivity contribution >= 4 is 11.9 Å². The maximum atomic E-state index is 12.6. The third-order valence-corrected chi connectivity index (χ3v) is 5.81. The highest BCUT2D eigenvalue weighted by molar-refractivity contribution is 5.80. The number of rotatable bonds is 4. The van der Waals surface area contributed by atoms with Crippen LogP contribution in [0.4, 0.5) is 4.79 Å². The third kappa shape index (κ3) is 4.54. The summed E-state index contributed by atoms with van der Waals surface area (Å²) in [6.45, 7) is 7.08. The summed E-state index contributed by atoms with van der Waals surface area (Å²) < 4.78 is 5.30. The van der Waals surface area contributed by atoms with Crippen LogP contribution < -0.4 is 10.1 Å². The predicted molar refractivity (Wildman–Crippen MR) is 105 cm³/mol. The summed E-state index contributed by atoms with van der Waals surface area (Å²) in [5.74, 6) is 1.21. The van der Waals surface area contributed by atoms with Gasteiger partial charge in [0, 0.05) is 32.1 Å². The number of carbonyl (C=O) groups excluding carboxylic acids is 2. The highest BCUT2D eigenvalue weighted by Gasteiger charge is 2.31. The monoisotopic (exact) mass is 373 g/mol. The second-order valence-corrected chi connectivity index (χ2v) is 7.69. The van der Waals surface area contributed by atoms with E-state index in [2.05, 4.69) is 5.32 Å². The Bertz CT molecular complexity index is 677. The minimum absolute atomic E-state index is 0.0527. The van der Waals surface area contributed by atoms with Crippen molar-refractivity contribution in [3.8, 4) is 5.75 Å². The number of nitrogens with one attached hydrogen (secondary N) is 1. The molecule has 0 aromatic heterocycles. The number of piperidine rings is 1. The lowest BCUT2D eigenvalue weighted by molar-refractivity contribution is -0.135. The molecule has 3 rings (SSSR count). The van der Waals surface area contributed by atoms with E-state index in [-0.39, 0.29) is 23.9 Å². The fourth-order valence-corrected chi connectivity index (χ4v) is 4.06. The fourth-order valence-electron chi connectivity index (χ4n) is 4.06. The molecule has 3 amide bonds. The number of amides is 3. The van der Waals surface area contributed by atoms with E-state index in [1.165, 1.54) is 0 Å². The zero-order valence-corrected chi connectivity index (χ0v) is 16.7. The molecule has 0 radical (unpaired) electrons. The van der Waals surface area contributed by atoms with Crippen LogP contribution in [0.5, 0.6) is 5.75 Å². The summed E-state index contributed by atoms with van der Waals surface area (Å²) in [5.41, 5.74) is 2.11. The summed E-state index contributed by atoms with van der Waals surface area (Å²) in [4.78, 5) is 29.0. The van der Waals surface area contributed by atoms with E-state index in [4.69, 9.17) is 4.74 Å². The SMILES string of the molecule is COc1ccc(C(C)NC(=O)N2CCC(C(=O)N3CCCC3)CC2)cc1C. The van der Waals surface area contributed by atoms with Crippen LogP contribution in [0.15, 0.2) is 18.2 Å². The standard InChI is InChI=1S/C21H31N3O3/c1-15-14-18(6-7-19(15)27-3)16(2)22-21(26)24-12-8-17(9-13-24)20(25)23-10-4-5-11-23/h6-7,14,16-17H,4-5,8-13H2,1-3H3,(H,22,26). The van der Waals surface area contributed by atoms with E-state index >= 15 is 0 Å². The van der Waals surface area contributed by atoms with Crippen LogP contribution in [0.25, 0.3) is 0 Å². The first kappa shape index (κ1) is 19.5. The number of hydrogen-bond donors (Lipinski definition) is 1. The Morgan fingerprint density at radius 3 is 2.37 bits per heavy atom. The molecule has 1 aromatic rings. The van der Waals surface area contributed by atoms with Crippen LogP contribution in [-0.2, 0) is 4.79 Å². The van der Waals surface area contributed by atoms with Gasteiger partial charge in [0.1, 0.15) is 5.75 Å². The maximum Gasteiger partial charge on any atom is 0.317 e. The molecule has 1 N–H and O–H groups in total. The Morgan fingerprint density at radius 1 is 1.11 bits per heavy atom. The first-order valence-electron chi connectivity index (χ1n) is 9.98. The summed E-state index contributed by atoms with van der Waals surface area (Å²) in [5, 5.41) is 3.08. The van der Waals surface area contributed by atoms with E-state index in [0.29, 0.717) is 13.1 Å². The van der Waals surface area contributed by atoms with Gasteiger partial charge in [0.05, 0.1) is 13.2 Å². The Labute approximate surface area is 161 Å². The number of urea groups is 1. The zero-order valence-electron chi connectivity index (χ0n) is 16.7. The number of aryl methyl sites for hydroxylation is 1. The van der Waals surface area contributed by atoms with Crippen molar-refractivity contribution in [3.05, 3.63) is 29.3 Å². The van der Waals surface area contributed by atoms with Crippen LogP contribution in [0.2, 0.25) is 0 Å². The average Bonchev–Trinajstić information content (AvgIpc) is 3.22.